The van der Waals surface area contributed by atoms with Gasteiger partial charge in [-0.15, -0.1) is 13.2 Å². The quantitative estimate of drug-likeness (QED) is 0.502. The number of aryl methyl sites for hydroxylation is 1. The molecule has 10 nitrogen and oxygen atoms in total. The highest BCUT2D eigenvalue weighted by Gasteiger charge is 2.58. The van der Waals surface area contributed by atoms with Crippen LogP contribution in [0.15, 0.2) is 12.1 Å². The molecule has 3 atom stereocenters. The number of aromatic amines is 1. The summed E-state index contributed by atoms with van der Waals surface area (Å²) in [6, 6.07) is 2.73. The van der Waals surface area contributed by atoms with Crippen LogP contribution >= 0.6 is 0 Å². The van der Waals surface area contributed by atoms with Crippen LogP contribution in [0.2, 0.25) is 0 Å². The van der Waals surface area contributed by atoms with Gasteiger partial charge in [-0.05, 0) is 44.1 Å². The molecule has 0 spiro atoms. The minimum Gasteiger partial charge on any atom is -0.443 e. The Morgan fingerprint density at radius 2 is 2.00 bits per heavy atom. The number of rotatable bonds is 7. The number of alkyl halides is 4. The van der Waals surface area contributed by atoms with E-state index in [0.717, 1.165) is 23.9 Å². The van der Waals surface area contributed by atoms with E-state index < -0.39 is 37.2 Å². The molecule has 14 heteroatoms. The zero-order valence-electron chi connectivity index (χ0n) is 18.7. The van der Waals surface area contributed by atoms with E-state index in [-0.39, 0.29) is 41.5 Å². The molecule has 4 aliphatic rings. The number of alkyl carbamates (subject to hydrolysis) is 1. The number of ether oxygens (including phenoxy) is 2. The first-order valence-electron chi connectivity index (χ1n) is 11.2. The van der Waals surface area contributed by atoms with Crippen molar-refractivity contribution in [1.82, 2.24) is 25.3 Å². The number of halogens is 4. The average Bonchev–Trinajstić information content (AvgIpc) is 3.41. The largest absolute Gasteiger partial charge is 0.522 e. The van der Waals surface area contributed by atoms with Gasteiger partial charge in [-0.25, -0.2) is 9.18 Å². The van der Waals surface area contributed by atoms with Gasteiger partial charge in [0.05, 0.1) is 11.4 Å². The zero-order valence-corrected chi connectivity index (χ0v) is 18.7. The molecule has 6 rings (SSSR count). The van der Waals surface area contributed by atoms with Crippen molar-refractivity contribution in [1.29, 1.82) is 0 Å². The monoisotopic (exact) mass is 500 g/mol. The third kappa shape index (κ3) is 4.97. The maximum Gasteiger partial charge on any atom is 0.522 e. The lowest BCUT2D eigenvalue weighted by Crippen LogP contribution is -2.68. The molecule has 2 aromatic heterocycles. The molecule has 0 aromatic carbocycles. The Hall–Kier alpha value is -3.16. The second-order valence-electron chi connectivity index (χ2n) is 9.55. The second-order valence-corrected chi connectivity index (χ2v) is 9.55. The van der Waals surface area contributed by atoms with Gasteiger partial charge >= 0.3 is 12.5 Å². The Kier molecular flexibility index (Phi) is 5.73. The van der Waals surface area contributed by atoms with Gasteiger partial charge < -0.3 is 15.4 Å². The molecule has 0 aliphatic heterocycles. The van der Waals surface area contributed by atoms with E-state index in [4.69, 9.17) is 4.74 Å². The van der Waals surface area contributed by atoms with Gasteiger partial charge in [-0.1, -0.05) is 0 Å². The van der Waals surface area contributed by atoms with Crippen LogP contribution in [0.1, 0.15) is 59.9 Å². The van der Waals surface area contributed by atoms with Crippen LogP contribution in [-0.2, 0) is 23.1 Å². The van der Waals surface area contributed by atoms with Crippen molar-refractivity contribution in [3.05, 3.63) is 29.2 Å². The highest BCUT2D eigenvalue weighted by atomic mass is 19.4. The van der Waals surface area contributed by atoms with Crippen LogP contribution < -0.4 is 10.6 Å². The summed E-state index contributed by atoms with van der Waals surface area (Å²) in [7, 11) is 1.41. The molecule has 2 amide bonds. The van der Waals surface area contributed by atoms with Crippen LogP contribution in [0.4, 0.5) is 28.2 Å². The number of anilines is 1. The maximum absolute atomic E-state index is 14.5. The number of nitrogens with zero attached hydrogens (tertiary/aromatic N) is 3. The standard InChI is InChI=1S/C21H24F4N6O4/c1-31-15(4-12(30-31)9-34-21(23,24)25)18(32)26-17-5-14(28-29-17)11-2-13(22)16(3-11)35-19(33)27-20-6-10(7-20)8-20/h4-5,10-11,13,16H,2-3,6-9H2,1H3,(H,27,33)(H2,26,28,29,32)/t10?,11-,13-,16-,20?/m0/s1. The normalized spacial score (nSPS) is 29.3. The molecule has 3 N–H and O–H groups in total. The molecule has 4 fully saturated rings. The van der Waals surface area contributed by atoms with Crippen molar-refractivity contribution in [2.45, 2.75) is 68.8 Å². The predicted molar refractivity (Wildman–Crippen MR) is 111 cm³/mol. The number of nitrogens with one attached hydrogen (secondary N) is 3. The summed E-state index contributed by atoms with van der Waals surface area (Å²) >= 11 is 0. The number of carbonyl (C=O) groups excluding carboxylic acids is 2. The van der Waals surface area contributed by atoms with Gasteiger partial charge in [0, 0.05) is 24.6 Å². The third-order valence-corrected chi connectivity index (χ3v) is 6.90. The van der Waals surface area contributed by atoms with E-state index in [1.807, 2.05) is 0 Å². The van der Waals surface area contributed by atoms with Gasteiger partial charge in [0.1, 0.15) is 30.4 Å². The van der Waals surface area contributed by atoms with E-state index in [2.05, 4.69) is 30.7 Å². The Balaban J connectivity index is 1.14. The lowest BCUT2D eigenvalue weighted by molar-refractivity contribution is -0.330. The molecule has 0 unspecified atom stereocenters. The maximum atomic E-state index is 14.5. The summed E-state index contributed by atoms with van der Waals surface area (Å²) in [5, 5.41) is 16.0. The van der Waals surface area contributed by atoms with E-state index >= 15 is 0 Å². The minimum absolute atomic E-state index is 0.00908. The molecular formula is C21H24F4N6O4. The molecule has 0 saturated heterocycles. The van der Waals surface area contributed by atoms with Crippen LogP contribution in [0.25, 0.3) is 0 Å². The van der Waals surface area contributed by atoms with E-state index in [1.165, 1.54) is 13.1 Å². The molecule has 4 saturated carbocycles. The van der Waals surface area contributed by atoms with Crippen molar-refractivity contribution < 1.29 is 36.6 Å². The van der Waals surface area contributed by atoms with Gasteiger partial charge in [0.25, 0.3) is 5.91 Å². The summed E-state index contributed by atoms with van der Waals surface area (Å²) < 4.78 is 61.4. The summed E-state index contributed by atoms with van der Waals surface area (Å²) in [6.07, 6.45) is -4.37. The Morgan fingerprint density at radius 1 is 1.26 bits per heavy atom. The number of aromatic nitrogens is 4. The fraction of sp³-hybridized carbons (Fsp3) is 0.619. The van der Waals surface area contributed by atoms with Crippen molar-refractivity contribution in [2.75, 3.05) is 5.32 Å². The van der Waals surface area contributed by atoms with E-state index in [0.29, 0.717) is 11.6 Å². The smallest absolute Gasteiger partial charge is 0.443 e. The first kappa shape index (κ1) is 23.6. The molecule has 2 bridgehead atoms. The van der Waals surface area contributed by atoms with Crippen molar-refractivity contribution in [3.8, 4) is 0 Å². The Bertz CT molecular complexity index is 1110. The van der Waals surface area contributed by atoms with Crippen molar-refractivity contribution >= 4 is 17.8 Å². The lowest BCUT2D eigenvalue weighted by Gasteiger charge is -2.61. The number of H-pyrrole nitrogens is 1. The van der Waals surface area contributed by atoms with Crippen LogP contribution in [0, 0.1) is 5.92 Å². The topological polar surface area (TPSA) is 123 Å². The SMILES string of the molecule is Cn1nc(COC(F)(F)F)cc1C(=O)Nc1cc([C@@H]2C[C@H](OC(=O)NC34CC(C3)C4)[C@@H](F)C2)n[nH]1. The molecule has 190 valence electrons. The highest BCUT2D eigenvalue weighted by Crippen LogP contribution is 2.57. The molecule has 2 heterocycles. The number of carbonyl (C=O) groups is 2. The summed E-state index contributed by atoms with van der Waals surface area (Å²) in [4.78, 5) is 24.7. The molecule has 35 heavy (non-hydrogen) atoms. The van der Waals surface area contributed by atoms with E-state index in [9.17, 15) is 27.2 Å². The summed E-state index contributed by atoms with van der Waals surface area (Å²) in [6.45, 7) is -0.826. The van der Waals surface area contributed by atoms with Crippen molar-refractivity contribution in [2.24, 2.45) is 13.0 Å². The Labute approximate surface area is 196 Å². The van der Waals surface area contributed by atoms with Crippen LogP contribution in [0.3, 0.4) is 0 Å². The van der Waals surface area contributed by atoms with Crippen LogP contribution in [-0.4, -0.2) is 56.2 Å². The summed E-state index contributed by atoms with van der Waals surface area (Å²) in [5.74, 6) is -0.0320. The third-order valence-electron chi connectivity index (χ3n) is 6.90. The number of hydrogen-bond donors (Lipinski definition) is 3. The molecule has 2 aromatic rings. The van der Waals surface area contributed by atoms with Crippen LogP contribution in [0.5, 0.6) is 0 Å². The Morgan fingerprint density at radius 3 is 2.66 bits per heavy atom. The fourth-order valence-electron chi connectivity index (χ4n) is 5.09. The summed E-state index contributed by atoms with van der Waals surface area (Å²) in [5.41, 5.74) is 0.290. The highest BCUT2D eigenvalue weighted by molar-refractivity contribution is 6.02. The number of hydrogen-bond acceptors (Lipinski definition) is 6. The van der Waals surface area contributed by atoms with Gasteiger partial charge in [0.15, 0.2) is 0 Å². The predicted octanol–water partition coefficient (Wildman–Crippen LogP) is 3.29. The molecule has 0 radical (unpaired) electrons. The molecule has 4 aliphatic carbocycles. The second kappa shape index (κ2) is 8.50. The zero-order chi connectivity index (χ0) is 25.0. The molecular weight excluding hydrogens is 476 g/mol. The first-order valence-corrected chi connectivity index (χ1v) is 11.2. The van der Waals surface area contributed by atoms with Gasteiger partial charge in [0.2, 0.25) is 0 Å². The minimum atomic E-state index is -4.81. The van der Waals surface area contributed by atoms with Crippen molar-refractivity contribution in [3.63, 3.8) is 0 Å². The van der Waals surface area contributed by atoms with Gasteiger partial charge in [-0.3, -0.25) is 19.3 Å². The lowest BCUT2D eigenvalue weighted by atomic mass is 9.50. The van der Waals surface area contributed by atoms with E-state index in [1.54, 1.807) is 6.07 Å². The first-order chi connectivity index (χ1) is 16.5. The number of amides is 2. The fourth-order valence-corrected chi connectivity index (χ4v) is 5.09. The average molecular weight is 500 g/mol. The van der Waals surface area contributed by atoms with Gasteiger partial charge in [-0.2, -0.15) is 10.2 Å².